The lowest BCUT2D eigenvalue weighted by atomic mass is 10.1. The zero-order valence-corrected chi connectivity index (χ0v) is 8.14. The molecule has 0 spiro atoms. The van der Waals surface area contributed by atoms with Crippen molar-refractivity contribution in [3.63, 3.8) is 0 Å². The third kappa shape index (κ3) is 2.45. The number of aliphatic carboxylic acids is 1. The monoisotopic (exact) mass is 201 g/mol. The maximum Gasteiger partial charge on any atom is 0.315 e. The Labute approximate surface area is 82.3 Å². The molecule has 1 amide bonds. The summed E-state index contributed by atoms with van der Waals surface area (Å²) in [5.41, 5.74) is 0. The molecule has 1 rings (SSSR count). The maximum atomic E-state index is 11.6. The third-order valence-electron chi connectivity index (χ3n) is 2.35. The van der Waals surface area contributed by atoms with Gasteiger partial charge in [0, 0.05) is 12.6 Å². The predicted molar refractivity (Wildman–Crippen MR) is 48.6 cm³/mol. The second-order valence-electron chi connectivity index (χ2n) is 3.55. The Morgan fingerprint density at radius 2 is 2.07 bits per heavy atom. The highest BCUT2D eigenvalue weighted by Crippen LogP contribution is 2.27. The molecule has 1 atom stereocenters. The van der Waals surface area contributed by atoms with Gasteiger partial charge in [-0.15, -0.1) is 0 Å². The number of hydrogen-bond acceptors (Lipinski definition) is 3. The number of carbonyl (C=O) groups is 2. The summed E-state index contributed by atoms with van der Waals surface area (Å²) < 4.78 is 0. The average Bonchev–Trinajstić information content (AvgIpc) is 2.95. The van der Waals surface area contributed by atoms with E-state index < -0.39 is 17.8 Å². The van der Waals surface area contributed by atoms with Crippen LogP contribution in [0.4, 0.5) is 0 Å². The van der Waals surface area contributed by atoms with Crippen LogP contribution in [0, 0.1) is 5.92 Å². The maximum absolute atomic E-state index is 11.6. The van der Waals surface area contributed by atoms with E-state index in [1.54, 1.807) is 0 Å². The highest BCUT2D eigenvalue weighted by Gasteiger charge is 2.36. The minimum atomic E-state index is -1.11. The van der Waals surface area contributed by atoms with Gasteiger partial charge in [0.25, 0.3) is 0 Å². The van der Waals surface area contributed by atoms with Crippen molar-refractivity contribution in [3.05, 3.63) is 0 Å². The molecular weight excluding hydrogens is 186 g/mol. The fraction of sp³-hybridized carbons (Fsp3) is 0.778. The van der Waals surface area contributed by atoms with Crippen LogP contribution in [0.25, 0.3) is 0 Å². The number of nitrogens with zero attached hydrogens (tertiary/aromatic N) is 1. The van der Waals surface area contributed by atoms with Crippen LogP contribution in [-0.2, 0) is 9.59 Å². The minimum Gasteiger partial charge on any atom is -0.481 e. The van der Waals surface area contributed by atoms with Crippen molar-refractivity contribution in [2.24, 2.45) is 5.92 Å². The summed E-state index contributed by atoms with van der Waals surface area (Å²) in [6.45, 7) is 1.49. The van der Waals surface area contributed by atoms with Gasteiger partial charge in [-0.05, 0) is 19.8 Å². The van der Waals surface area contributed by atoms with Crippen LogP contribution in [0.1, 0.15) is 19.8 Å². The molecule has 1 fully saturated rings. The molecular formula is C9H15NO4. The summed E-state index contributed by atoms with van der Waals surface area (Å²) in [4.78, 5) is 23.6. The Morgan fingerprint density at radius 3 is 2.43 bits per heavy atom. The van der Waals surface area contributed by atoms with Crippen molar-refractivity contribution in [3.8, 4) is 0 Å². The third-order valence-corrected chi connectivity index (χ3v) is 2.35. The molecule has 5 heteroatoms. The Hall–Kier alpha value is -1.10. The van der Waals surface area contributed by atoms with Gasteiger partial charge < -0.3 is 15.1 Å². The van der Waals surface area contributed by atoms with E-state index in [1.165, 1.54) is 11.8 Å². The van der Waals surface area contributed by atoms with Gasteiger partial charge in [0.15, 0.2) is 0 Å². The first kappa shape index (κ1) is 11.0. The lowest BCUT2D eigenvalue weighted by Crippen LogP contribution is -2.41. The smallest absolute Gasteiger partial charge is 0.315 e. The van der Waals surface area contributed by atoms with Gasteiger partial charge in [-0.3, -0.25) is 9.59 Å². The Morgan fingerprint density at radius 1 is 1.50 bits per heavy atom. The summed E-state index contributed by atoms with van der Waals surface area (Å²) in [7, 11) is 0. The van der Waals surface area contributed by atoms with Crippen LogP contribution in [0.15, 0.2) is 0 Å². The van der Waals surface area contributed by atoms with Gasteiger partial charge in [0.2, 0.25) is 5.91 Å². The van der Waals surface area contributed by atoms with Crippen molar-refractivity contribution in [2.75, 3.05) is 13.2 Å². The van der Waals surface area contributed by atoms with Gasteiger partial charge >= 0.3 is 5.97 Å². The average molecular weight is 201 g/mol. The number of carboxylic acid groups (broad SMARTS) is 1. The number of aliphatic hydroxyl groups is 1. The number of aliphatic hydroxyl groups excluding tert-OH is 1. The van der Waals surface area contributed by atoms with E-state index in [2.05, 4.69) is 0 Å². The predicted octanol–water partition coefficient (Wildman–Crippen LogP) is -0.310. The summed E-state index contributed by atoms with van der Waals surface area (Å²) in [5.74, 6) is -2.52. The second-order valence-corrected chi connectivity index (χ2v) is 3.55. The molecule has 0 saturated heterocycles. The van der Waals surface area contributed by atoms with Crippen LogP contribution >= 0.6 is 0 Å². The summed E-state index contributed by atoms with van der Waals surface area (Å²) in [6, 6.07) is 0.149. The number of carboxylic acids is 1. The normalized spacial score (nSPS) is 17.6. The molecule has 0 aromatic carbocycles. The quantitative estimate of drug-likeness (QED) is 0.598. The molecule has 0 aromatic rings. The highest BCUT2D eigenvalue weighted by atomic mass is 16.4. The van der Waals surface area contributed by atoms with Gasteiger partial charge in [0.1, 0.15) is 5.92 Å². The number of carbonyl (C=O) groups excluding carboxylic acids is 1. The number of rotatable bonds is 5. The largest absolute Gasteiger partial charge is 0.481 e. The second kappa shape index (κ2) is 4.41. The van der Waals surface area contributed by atoms with Crippen LogP contribution in [0.2, 0.25) is 0 Å². The molecule has 0 bridgehead atoms. The van der Waals surface area contributed by atoms with Crippen molar-refractivity contribution >= 4 is 11.9 Å². The molecule has 1 unspecified atom stereocenters. The van der Waals surface area contributed by atoms with E-state index in [0.29, 0.717) is 0 Å². The Bertz CT molecular complexity index is 237. The number of amides is 1. The molecule has 2 N–H and O–H groups in total. The molecule has 1 saturated carbocycles. The lowest BCUT2D eigenvalue weighted by Gasteiger charge is -2.23. The highest BCUT2D eigenvalue weighted by molar-refractivity contribution is 5.96. The minimum absolute atomic E-state index is 0.116. The SMILES string of the molecule is CC(C(=O)O)C(=O)N(CCO)C1CC1. The molecule has 1 aliphatic rings. The molecule has 80 valence electrons. The summed E-state index contributed by atoms with van der Waals surface area (Å²) >= 11 is 0. The van der Waals surface area contributed by atoms with E-state index >= 15 is 0 Å². The van der Waals surface area contributed by atoms with Gasteiger partial charge in [-0.25, -0.2) is 0 Å². The van der Waals surface area contributed by atoms with Crippen LogP contribution in [0.3, 0.4) is 0 Å². The van der Waals surface area contributed by atoms with E-state index in [1.807, 2.05) is 0 Å². The van der Waals surface area contributed by atoms with Crippen LogP contribution < -0.4 is 0 Å². The molecule has 0 aliphatic heterocycles. The van der Waals surface area contributed by atoms with Crippen molar-refractivity contribution in [1.82, 2.24) is 4.90 Å². The Balaban J connectivity index is 2.58. The Kier molecular flexibility index (Phi) is 3.46. The van der Waals surface area contributed by atoms with E-state index in [4.69, 9.17) is 10.2 Å². The number of hydrogen-bond donors (Lipinski definition) is 2. The molecule has 0 radical (unpaired) electrons. The summed E-state index contributed by atoms with van der Waals surface area (Å²) in [6.07, 6.45) is 1.83. The zero-order chi connectivity index (χ0) is 10.7. The molecule has 0 aromatic heterocycles. The fourth-order valence-electron chi connectivity index (χ4n) is 1.32. The van der Waals surface area contributed by atoms with Crippen molar-refractivity contribution < 1.29 is 19.8 Å². The standard InChI is InChI=1S/C9H15NO4/c1-6(9(13)14)8(12)10(4-5-11)7-2-3-7/h6-7,11H,2-5H2,1H3,(H,13,14). The van der Waals surface area contributed by atoms with E-state index in [9.17, 15) is 9.59 Å². The van der Waals surface area contributed by atoms with Crippen LogP contribution in [0.5, 0.6) is 0 Å². The van der Waals surface area contributed by atoms with Gasteiger partial charge in [-0.1, -0.05) is 0 Å². The molecule has 5 nitrogen and oxygen atoms in total. The van der Waals surface area contributed by atoms with Crippen molar-refractivity contribution in [2.45, 2.75) is 25.8 Å². The first-order valence-electron chi connectivity index (χ1n) is 4.72. The lowest BCUT2D eigenvalue weighted by molar-refractivity contribution is -0.150. The molecule has 1 aliphatic carbocycles. The van der Waals surface area contributed by atoms with Crippen molar-refractivity contribution in [1.29, 1.82) is 0 Å². The zero-order valence-electron chi connectivity index (χ0n) is 8.14. The van der Waals surface area contributed by atoms with Gasteiger partial charge in [-0.2, -0.15) is 0 Å². The van der Waals surface area contributed by atoms with Crippen LogP contribution in [-0.4, -0.2) is 46.2 Å². The fourth-order valence-corrected chi connectivity index (χ4v) is 1.32. The van der Waals surface area contributed by atoms with Gasteiger partial charge in [0.05, 0.1) is 6.61 Å². The summed E-state index contributed by atoms with van der Waals surface area (Å²) in [5, 5.41) is 17.4. The first-order chi connectivity index (χ1) is 6.57. The van der Waals surface area contributed by atoms with E-state index in [0.717, 1.165) is 12.8 Å². The van der Waals surface area contributed by atoms with E-state index in [-0.39, 0.29) is 19.2 Å². The first-order valence-corrected chi connectivity index (χ1v) is 4.72. The molecule has 0 heterocycles. The molecule has 14 heavy (non-hydrogen) atoms. The topological polar surface area (TPSA) is 77.8 Å².